The molecule has 0 spiro atoms. The molecule has 0 amide bonds. The monoisotopic (exact) mass is 378 g/mol. The molecule has 4 nitrogen and oxygen atoms in total. The van der Waals surface area contributed by atoms with Gasteiger partial charge in [0, 0.05) is 23.1 Å². The number of halogens is 2. The number of hydrogen-bond acceptors (Lipinski definition) is 3. The molecule has 2 fully saturated rings. The third-order valence-electron chi connectivity index (χ3n) is 4.16. The molecule has 1 aromatic rings. The van der Waals surface area contributed by atoms with Crippen LogP contribution in [-0.4, -0.2) is 37.9 Å². The lowest BCUT2D eigenvalue weighted by Gasteiger charge is -2.27. The number of rotatable bonds is 2. The highest BCUT2D eigenvalue weighted by Crippen LogP contribution is 2.38. The van der Waals surface area contributed by atoms with Crippen LogP contribution in [0.2, 0.25) is 5.02 Å². The average Bonchev–Trinajstić information content (AvgIpc) is 2.87. The zero-order chi connectivity index (χ0) is 14.5. The number of fused-ring (bicyclic) bond motifs is 1. The van der Waals surface area contributed by atoms with Crippen LogP contribution >= 0.6 is 27.5 Å². The van der Waals surface area contributed by atoms with Gasteiger partial charge in [0.15, 0.2) is 0 Å². The van der Waals surface area contributed by atoms with Crippen LogP contribution in [0.4, 0.5) is 0 Å². The Morgan fingerprint density at radius 3 is 2.85 bits per heavy atom. The van der Waals surface area contributed by atoms with E-state index >= 15 is 0 Å². The zero-order valence-electron chi connectivity index (χ0n) is 11.0. The first-order valence-corrected chi connectivity index (χ1v) is 9.21. The summed E-state index contributed by atoms with van der Waals surface area (Å²) in [5, 5.41) is 3.54. The van der Waals surface area contributed by atoms with E-state index in [0.717, 1.165) is 24.0 Å². The van der Waals surface area contributed by atoms with Crippen molar-refractivity contribution in [3.05, 3.63) is 27.7 Å². The van der Waals surface area contributed by atoms with Gasteiger partial charge < -0.3 is 5.32 Å². The summed E-state index contributed by atoms with van der Waals surface area (Å²) < 4.78 is 28.3. The molecular weight excluding hydrogens is 364 g/mol. The van der Waals surface area contributed by atoms with E-state index in [4.69, 9.17) is 11.6 Å². The topological polar surface area (TPSA) is 49.4 Å². The van der Waals surface area contributed by atoms with Crippen LogP contribution in [0.5, 0.6) is 0 Å². The molecule has 1 aromatic carbocycles. The predicted octanol–water partition coefficient (Wildman–Crippen LogP) is 2.47. The first-order chi connectivity index (χ1) is 9.41. The van der Waals surface area contributed by atoms with Crippen molar-refractivity contribution in [2.45, 2.75) is 30.3 Å². The summed E-state index contributed by atoms with van der Waals surface area (Å²) in [6.45, 7) is 3.60. The second kappa shape index (κ2) is 5.25. The molecule has 2 saturated heterocycles. The lowest BCUT2D eigenvalue weighted by atomic mass is 10.0. The molecular formula is C13H16BrClN2O2S. The van der Waals surface area contributed by atoms with Crippen LogP contribution in [-0.2, 0) is 10.0 Å². The van der Waals surface area contributed by atoms with Gasteiger partial charge in [0.1, 0.15) is 4.90 Å². The molecule has 2 aliphatic heterocycles. The quantitative estimate of drug-likeness (QED) is 0.859. The van der Waals surface area contributed by atoms with E-state index in [0.29, 0.717) is 5.92 Å². The van der Waals surface area contributed by atoms with Crippen molar-refractivity contribution in [1.29, 1.82) is 0 Å². The summed E-state index contributed by atoms with van der Waals surface area (Å²) in [4.78, 5) is 0.196. The fraction of sp³-hybridized carbons (Fsp3) is 0.538. The van der Waals surface area contributed by atoms with Crippen LogP contribution < -0.4 is 5.32 Å². The number of hydrogen-bond donors (Lipinski definition) is 1. The molecule has 3 atom stereocenters. The fourth-order valence-electron chi connectivity index (χ4n) is 3.34. The molecule has 7 heteroatoms. The Bertz CT molecular complexity index is 637. The summed E-state index contributed by atoms with van der Waals surface area (Å²) in [6, 6.07) is 4.99. The molecule has 2 heterocycles. The standard InChI is InChI=1S/C13H16BrClN2O2S/c1-8-4-9-6-16-7-12(9)17(8)20(18,19)13-3-2-10(14)5-11(13)15/h2-3,5,8-9,12,16H,4,6-7H2,1H3. The predicted molar refractivity (Wildman–Crippen MR) is 82.4 cm³/mol. The Hall–Kier alpha value is -0.140. The Morgan fingerprint density at radius 2 is 2.15 bits per heavy atom. The third-order valence-corrected chi connectivity index (χ3v) is 7.17. The SMILES string of the molecule is CC1CC2CNCC2N1S(=O)(=O)c1ccc(Br)cc1Cl. The Morgan fingerprint density at radius 1 is 1.40 bits per heavy atom. The molecule has 20 heavy (non-hydrogen) atoms. The maximum Gasteiger partial charge on any atom is 0.245 e. The lowest BCUT2D eigenvalue weighted by molar-refractivity contribution is 0.336. The molecule has 0 radical (unpaired) electrons. The van der Waals surface area contributed by atoms with Gasteiger partial charge in [0.25, 0.3) is 0 Å². The van der Waals surface area contributed by atoms with E-state index in [9.17, 15) is 8.42 Å². The average molecular weight is 380 g/mol. The molecule has 110 valence electrons. The Kier molecular flexibility index (Phi) is 3.88. The van der Waals surface area contributed by atoms with Gasteiger partial charge in [-0.25, -0.2) is 8.42 Å². The number of sulfonamides is 1. The van der Waals surface area contributed by atoms with E-state index in [1.54, 1.807) is 22.5 Å². The normalized spacial score (nSPS) is 30.6. The van der Waals surface area contributed by atoms with E-state index in [2.05, 4.69) is 21.2 Å². The van der Waals surface area contributed by atoms with Crippen molar-refractivity contribution < 1.29 is 8.42 Å². The largest absolute Gasteiger partial charge is 0.315 e. The minimum atomic E-state index is -3.55. The van der Waals surface area contributed by atoms with Gasteiger partial charge in [-0.3, -0.25) is 0 Å². The second-order valence-electron chi connectivity index (χ2n) is 5.48. The van der Waals surface area contributed by atoms with Crippen LogP contribution in [0.25, 0.3) is 0 Å². The van der Waals surface area contributed by atoms with Gasteiger partial charge in [0.05, 0.1) is 5.02 Å². The number of benzene rings is 1. The molecule has 3 unspecified atom stereocenters. The van der Waals surface area contributed by atoms with Crippen molar-refractivity contribution in [3.63, 3.8) is 0 Å². The Labute approximate surface area is 132 Å². The lowest BCUT2D eigenvalue weighted by Crippen LogP contribution is -2.42. The van der Waals surface area contributed by atoms with E-state index in [1.807, 2.05) is 6.92 Å². The maximum absolute atomic E-state index is 12.9. The minimum Gasteiger partial charge on any atom is -0.315 e. The number of nitrogens with zero attached hydrogens (tertiary/aromatic N) is 1. The summed E-state index contributed by atoms with van der Waals surface area (Å²) in [5.74, 6) is 0.411. The van der Waals surface area contributed by atoms with Gasteiger partial charge in [-0.15, -0.1) is 0 Å². The smallest absolute Gasteiger partial charge is 0.245 e. The fourth-order valence-corrected chi connectivity index (χ4v) is 6.24. The summed E-state index contributed by atoms with van der Waals surface area (Å²) in [7, 11) is -3.55. The van der Waals surface area contributed by atoms with Gasteiger partial charge in [-0.1, -0.05) is 27.5 Å². The maximum atomic E-state index is 12.9. The highest BCUT2D eigenvalue weighted by Gasteiger charge is 2.48. The van der Waals surface area contributed by atoms with Crippen molar-refractivity contribution >= 4 is 37.6 Å². The molecule has 0 aliphatic carbocycles. The van der Waals surface area contributed by atoms with Crippen molar-refractivity contribution in [2.24, 2.45) is 5.92 Å². The zero-order valence-corrected chi connectivity index (χ0v) is 14.2. The van der Waals surface area contributed by atoms with Gasteiger partial charge in [0.2, 0.25) is 10.0 Å². The van der Waals surface area contributed by atoms with E-state index < -0.39 is 10.0 Å². The van der Waals surface area contributed by atoms with Gasteiger partial charge in [-0.2, -0.15) is 4.31 Å². The molecule has 0 saturated carbocycles. The van der Waals surface area contributed by atoms with Crippen molar-refractivity contribution in [2.75, 3.05) is 13.1 Å². The van der Waals surface area contributed by atoms with Crippen LogP contribution in [0, 0.1) is 5.92 Å². The van der Waals surface area contributed by atoms with Crippen LogP contribution in [0.15, 0.2) is 27.6 Å². The summed E-state index contributed by atoms with van der Waals surface area (Å²) in [6.07, 6.45) is 0.908. The van der Waals surface area contributed by atoms with Crippen molar-refractivity contribution in [1.82, 2.24) is 9.62 Å². The van der Waals surface area contributed by atoms with E-state index in [1.165, 1.54) is 0 Å². The first kappa shape index (κ1) is 14.8. The molecule has 0 bridgehead atoms. The highest BCUT2D eigenvalue weighted by molar-refractivity contribution is 9.10. The van der Waals surface area contributed by atoms with Crippen molar-refractivity contribution in [3.8, 4) is 0 Å². The minimum absolute atomic E-state index is 0.0248. The molecule has 1 N–H and O–H groups in total. The summed E-state index contributed by atoms with van der Waals surface area (Å²) >= 11 is 9.43. The van der Waals surface area contributed by atoms with Gasteiger partial charge >= 0.3 is 0 Å². The van der Waals surface area contributed by atoms with Gasteiger partial charge in [-0.05, 0) is 44.0 Å². The Balaban J connectivity index is 2.03. The molecule has 0 aromatic heterocycles. The van der Waals surface area contributed by atoms with Crippen LogP contribution in [0.3, 0.4) is 0 Å². The first-order valence-electron chi connectivity index (χ1n) is 6.60. The van der Waals surface area contributed by atoms with Crippen LogP contribution in [0.1, 0.15) is 13.3 Å². The molecule has 3 rings (SSSR count). The second-order valence-corrected chi connectivity index (χ2v) is 8.61. The third kappa shape index (κ3) is 2.31. The number of nitrogens with one attached hydrogen (secondary N) is 1. The summed E-state index contributed by atoms with van der Waals surface area (Å²) in [5.41, 5.74) is 0. The molecule has 2 aliphatic rings. The van der Waals surface area contributed by atoms with E-state index in [-0.39, 0.29) is 22.0 Å². The highest BCUT2D eigenvalue weighted by atomic mass is 79.9.